The molecule has 1 heterocycles. The molecule has 1 saturated heterocycles. The lowest BCUT2D eigenvalue weighted by Crippen LogP contribution is -2.62. The first-order chi connectivity index (χ1) is 15.2. The van der Waals surface area contributed by atoms with E-state index < -0.39 is 12.1 Å². The van der Waals surface area contributed by atoms with Gasteiger partial charge in [0.2, 0.25) is 0 Å². The molecule has 3 rings (SSSR count). The highest BCUT2D eigenvalue weighted by atomic mass is 19.4. The van der Waals surface area contributed by atoms with Crippen molar-refractivity contribution in [2.45, 2.75) is 63.8 Å². The zero-order valence-electron chi connectivity index (χ0n) is 19.0. The Bertz CT molecular complexity index is 926. The molecule has 1 amide bonds. The molecule has 0 spiro atoms. The zero-order valence-corrected chi connectivity index (χ0v) is 19.0. The Kier molecular flexibility index (Phi) is 8.13. The van der Waals surface area contributed by atoms with Gasteiger partial charge in [0.05, 0.1) is 0 Å². The Hall–Kier alpha value is -3.07. The SMILES string of the molecule is CC1(C)CC(NC(=O)c2ccc(Oc3ccccc3)cc2)CC(C)(C)N1.O=C(O)C(F)(F)F. The van der Waals surface area contributed by atoms with Crippen LogP contribution in [0.1, 0.15) is 50.9 Å². The van der Waals surface area contributed by atoms with Gasteiger partial charge in [-0.3, -0.25) is 4.79 Å². The van der Waals surface area contributed by atoms with Gasteiger partial charge >= 0.3 is 12.1 Å². The van der Waals surface area contributed by atoms with E-state index in [9.17, 15) is 18.0 Å². The number of ether oxygens (including phenoxy) is 1. The van der Waals surface area contributed by atoms with Gasteiger partial charge in [-0.25, -0.2) is 4.79 Å². The molecule has 2 aromatic carbocycles. The van der Waals surface area contributed by atoms with Gasteiger partial charge in [-0.2, -0.15) is 13.2 Å². The van der Waals surface area contributed by atoms with Crippen molar-refractivity contribution in [3.8, 4) is 11.5 Å². The second-order valence-corrected chi connectivity index (χ2v) is 9.21. The predicted octanol–water partition coefficient (Wildman–Crippen LogP) is 5.15. The highest BCUT2D eigenvalue weighted by molar-refractivity contribution is 5.94. The van der Waals surface area contributed by atoms with Crippen LogP contribution in [0.25, 0.3) is 0 Å². The molecule has 3 N–H and O–H groups in total. The van der Waals surface area contributed by atoms with Crippen LogP contribution in [0.15, 0.2) is 54.6 Å². The van der Waals surface area contributed by atoms with E-state index in [0.29, 0.717) is 5.56 Å². The van der Waals surface area contributed by atoms with E-state index in [1.165, 1.54) is 0 Å². The fraction of sp³-hybridized carbons (Fsp3) is 0.417. The molecule has 9 heteroatoms. The van der Waals surface area contributed by atoms with Gasteiger partial charge in [0.15, 0.2) is 0 Å². The molecular formula is C24H29F3N2O4. The minimum atomic E-state index is -5.08. The third kappa shape index (κ3) is 8.76. The highest BCUT2D eigenvalue weighted by Gasteiger charge is 2.39. The quantitative estimate of drug-likeness (QED) is 0.580. The zero-order chi connectivity index (χ0) is 24.9. The predicted molar refractivity (Wildman–Crippen MR) is 118 cm³/mol. The van der Waals surface area contributed by atoms with Gasteiger partial charge in [-0.05, 0) is 76.9 Å². The molecule has 1 aliphatic heterocycles. The summed E-state index contributed by atoms with van der Waals surface area (Å²) in [5.41, 5.74) is 0.666. The molecule has 0 unspecified atom stereocenters. The average molecular weight is 467 g/mol. The van der Waals surface area contributed by atoms with Crippen molar-refractivity contribution in [3.63, 3.8) is 0 Å². The van der Waals surface area contributed by atoms with Gasteiger partial charge < -0.3 is 20.5 Å². The van der Waals surface area contributed by atoms with Crippen LogP contribution in [0.3, 0.4) is 0 Å². The smallest absolute Gasteiger partial charge is 0.475 e. The van der Waals surface area contributed by atoms with Crippen LogP contribution in [-0.4, -0.2) is 40.3 Å². The Labute approximate surface area is 191 Å². The Morgan fingerprint density at radius 2 is 1.39 bits per heavy atom. The number of rotatable bonds is 4. The Balaban J connectivity index is 0.000000479. The molecule has 0 radical (unpaired) electrons. The second-order valence-electron chi connectivity index (χ2n) is 9.21. The number of halogens is 3. The summed E-state index contributed by atoms with van der Waals surface area (Å²) in [4.78, 5) is 21.5. The summed E-state index contributed by atoms with van der Waals surface area (Å²) in [5.74, 6) is -1.29. The number of carbonyl (C=O) groups is 2. The lowest BCUT2D eigenvalue weighted by atomic mass is 9.79. The van der Waals surface area contributed by atoms with Gasteiger partial charge in [0.25, 0.3) is 5.91 Å². The van der Waals surface area contributed by atoms with Crippen LogP contribution in [0.4, 0.5) is 13.2 Å². The van der Waals surface area contributed by atoms with E-state index in [2.05, 4.69) is 38.3 Å². The van der Waals surface area contributed by atoms with Crippen molar-refractivity contribution in [2.75, 3.05) is 0 Å². The van der Waals surface area contributed by atoms with Gasteiger partial charge in [-0.15, -0.1) is 0 Å². The van der Waals surface area contributed by atoms with Crippen LogP contribution in [0.2, 0.25) is 0 Å². The van der Waals surface area contributed by atoms with Crippen LogP contribution in [-0.2, 0) is 4.79 Å². The van der Waals surface area contributed by atoms with Crippen molar-refractivity contribution in [2.24, 2.45) is 0 Å². The summed E-state index contributed by atoms with van der Waals surface area (Å²) in [6.07, 6.45) is -3.26. The number of para-hydroxylation sites is 1. The molecule has 1 aliphatic rings. The normalized spacial score (nSPS) is 17.3. The van der Waals surface area contributed by atoms with E-state index in [0.717, 1.165) is 24.3 Å². The number of hydrogen-bond donors (Lipinski definition) is 3. The Morgan fingerprint density at radius 1 is 0.939 bits per heavy atom. The maximum Gasteiger partial charge on any atom is 0.490 e. The maximum atomic E-state index is 12.6. The summed E-state index contributed by atoms with van der Waals surface area (Å²) < 4.78 is 37.5. The van der Waals surface area contributed by atoms with E-state index in [-0.39, 0.29) is 23.0 Å². The number of carbonyl (C=O) groups excluding carboxylic acids is 1. The molecule has 1 fully saturated rings. The van der Waals surface area contributed by atoms with Crippen molar-refractivity contribution < 1.29 is 32.6 Å². The number of amides is 1. The molecule has 6 nitrogen and oxygen atoms in total. The molecule has 2 aromatic rings. The molecule has 0 aliphatic carbocycles. The number of aliphatic carboxylic acids is 1. The van der Waals surface area contributed by atoms with Crippen molar-refractivity contribution in [1.82, 2.24) is 10.6 Å². The minimum Gasteiger partial charge on any atom is -0.475 e. The van der Waals surface area contributed by atoms with E-state index in [1.54, 1.807) is 0 Å². The van der Waals surface area contributed by atoms with E-state index in [4.69, 9.17) is 14.6 Å². The molecule has 0 aromatic heterocycles. The number of benzene rings is 2. The molecular weight excluding hydrogens is 437 g/mol. The number of carboxylic acid groups (broad SMARTS) is 1. The van der Waals surface area contributed by atoms with Crippen LogP contribution < -0.4 is 15.4 Å². The van der Waals surface area contributed by atoms with E-state index >= 15 is 0 Å². The third-order valence-electron chi connectivity index (χ3n) is 4.86. The number of alkyl halides is 3. The summed E-state index contributed by atoms with van der Waals surface area (Å²) in [7, 11) is 0. The lowest BCUT2D eigenvalue weighted by Gasteiger charge is -2.46. The van der Waals surface area contributed by atoms with Gasteiger partial charge in [0.1, 0.15) is 11.5 Å². The number of nitrogens with one attached hydrogen (secondary N) is 2. The van der Waals surface area contributed by atoms with Gasteiger partial charge in [-0.1, -0.05) is 18.2 Å². The van der Waals surface area contributed by atoms with Crippen LogP contribution in [0.5, 0.6) is 11.5 Å². The first-order valence-corrected chi connectivity index (χ1v) is 10.4. The maximum absolute atomic E-state index is 12.6. The lowest BCUT2D eigenvalue weighted by molar-refractivity contribution is -0.192. The van der Waals surface area contributed by atoms with E-state index in [1.807, 2.05) is 54.6 Å². The van der Waals surface area contributed by atoms with Gasteiger partial charge in [0, 0.05) is 22.7 Å². The first kappa shape index (κ1) is 26.2. The van der Waals surface area contributed by atoms with Crippen molar-refractivity contribution in [1.29, 1.82) is 0 Å². The topological polar surface area (TPSA) is 87.7 Å². The first-order valence-electron chi connectivity index (χ1n) is 10.4. The fourth-order valence-corrected chi connectivity index (χ4v) is 3.99. The highest BCUT2D eigenvalue weighted by Crippen LogP contribution is 2.29. The van der Waals surface area contributed by atoms with Crippen LogP contribution >= 0.6 is 0 Å². The van der Waals surface area contributed by atoms with Crippen molar-refractivity contribution in [3.05, 3.63) is 60.2 Å². The summed E-state index contributed by atoms with van der Waals surface area (Å²) in [6.45, 7) is 8.73. The summed E-state index contributed by atoms with van der Waals surface area (Å²) in [5, 5.41) is 14.0. The molecule has 33 heavy (non-hydrogen) atoms. The molecule has 0 saturated carbocycles. The standard InChI is InChI=1S/C22H28N2O2.C2HF3O2/c1-21(2)14-17(15-22(3,4)24-21)23-20(25)16-10-12-19(13-11-16)26-18-8-6-5-7-9-18;3-2(4,5)1(6)7/h5-13,17,24H,14-15H2,1-4H3,(H,23,25);(H,6,7). The summed E-state index contributed by atoms with van der Waals surface area (Å²) in [6, 6.07) is 17.1. The minimum absolute atomic E-state index is 0.00702. The number of piperidine rings is 1. The number of hydrogen-bond acceptors (Lipinski definition) is 4. The average Bonchev–Trinajstić information content (AvgIpc) is 2.66. The van der Waals surface area contributed by atoms with Crippen LogP contribution in [0, 0.1) is 0 Å². The number of carboxylic acids is 1. The Morgan fingerprint density at radius 3 is 1.85 bits per heavy atom. The molecule has 180 valence electrons. The molecule has 0 atom stereocenters. The monoisotopic (exact) mass is 466 g/mol. The summed E-state index contributed by atoms with van der Waals surface area (Å²) >= 11 is 0. The second kappa shape index (κ2) is 10.2. The fourth-order valence-electron chi connectivity index (χ4n) is 3.99. The van der Waals surface area contributed by atoms with Crippen molar-refractivity contribution >= 4 is 11.9 Å². The largest absolute Gasteiger partial charge is 0.490 e. The molecule has 0 bridgehead atoms. The third-order valence-corrected chi connectivity index (χ3v) is 4.86.